The van der Waals surface area contributed by atoms with Gasteiger partial charge in [-0.3, -0.25) is 9.98 Å². The average Bonchev–Trinajstić information content (AvgIpc) is 2.34. The van der Waals surface area contributed by atoms with Gasteiger partial charge in [-0.15, -0.1) is 0 Å². The van der Waals surface area contributed by atoms with Crippen molar-refractivity contribution in [3.8, 4) is 5.75 Å². The van der Waals surface area contributed by atoms with E-state index in [4.69, 9.17) is 11.6 Å². The zero-order valence-electron chi connectivity index (χ0n) is 9.97. The molecule has 0 bridgehead atoms. The van der Waals surface area contributed by atoms with Crippen LogP contribution in [-0.2, 0) is 6.54 Å². The molecule has 1 aromatic carbocycles. The summed E-state index contributed by atoms with van der Waals surface area (Å²) in [6.07, 6.45) is 1.60. The van der Waals surface area contributed by atoms with E-state index in [-0.39, 0.29) is 5.75 Å². The maximum absolute atomic E-state index is 9.61. The summed E-state index contributed by atoms with van der Waals surface area (Å²) in [5.41, 5.74) is 2.47. The zero-order chi connectivity index (χ0) is 13.0. The van der Waals surface area contributed by atoms with Crippen LogP contribution in [0.1, 0.15) is 17.0 Å². The summed E-state index contributed by atoms with van der Waals surface area (Å²) in [7, 11) is 0. The minimum absolute atomic E-state index is 0.167. The second-order valence-electron chi connectivity index (χ2n) is 3.94. The van der Waals surface area contributed by atoms with Crippen molar-refractivity contribution >= 4 is 17.8 Å². The highest BCUT2D eigenvalue weighted by Gasteiger charge is 1.99. The molecule has 0 fully saturated rings. The Bertz CT molecular complexity index is 582. The van der Waals surface area contributed by atoms with E-state index >= 15 is 0 Å². The summed E-state index contributed by atoms with van der Waals surface area (Å²) in [5.74, 6) is 0.167. The maximum atomic E-state index is 9.61. The van der Waals surface area contributed by atoms with Crippen LogP contribution in [0.2, 0.25) is 5.02 Å². The van der Waals surface area contributed by atoms with Crippen molar-refractivity contribution in [3.63, 3.8) is 0 Å². The molecule has 2 rings (SSSR count). The lowest BCUT2D eigenvalue weighted by atomic mass is 10.2. The van der Waals surface area contributed by atoms with Crippen molar-refractivity contribution in [2.45, 2.75) is 13.5 Å². The van der Waals surface area contributed by atoms with Crippen LogP contribution in [0.3, 0.4) is 0 Å². The highest BCUT2D eigenvalue weighted by molar-refractivity contribution is 6.30. The summed E-state index contributed by atoms with van der Waals surface area (Å²) in [5, 5.41) is 10.2. The molecule has 0 aliphatic carbocycles. The third-order valence-corrected chi connectivity index (χ3v) is 2.65. The van der Waals surface area contributed by atoms with Crippen molar-refractivity contribution < 1.29 is 5.11 Å². The van der Waals surface area contributed by atoms with Gasteiger partial charge in [0.1, 0.15) is 5.75 Å². The van der Waals surface area contributed by atoms with Crippen LogP contribution in [0, 0.1) is 6.92 Å². The summed E-state index contributed by atoms with van der Waals surface area (Å²) in [6, 6.07) is 10.7. The van der Waals surface area contributed by atoms with E-state index in [1.807, 2.05) is 25.1 Å². The number of hydrogen-bond donors (Lipinski definition) is 1. The van der Waals surface area contributed by atoms with Crippen LogP contribution in [0.5, 0.6) is 5.75 Å². The van der Waals surface area contributed by atoms with Crippen molar-refractivity contribution in [2.75, 3.05) is 0 Å². The van der Waals surface area contributed by atoms with Gasteiger partial charge in [-0.1, -0.05) is 17.7 Å². The van der Waals surface area contributed by atoms with Gasteiger partial charge >= 0.3 is 0 Å². The van der Waals surface area contributed by atoms with E-state index in [1.165, 1.54) is 0 Å². The first-order chi connectivity index (χ1) is 8.65. The van der Waals surface area contributed by atoms with E-state index in [0.29, 0.717) is 17.1 Å². The molecule has 4 heteroatoms. The molecule has 1 aromatic heterocycles. The Balaban J connectivity index is 2.10. The molecule has 1 heterocycles. The molecule has 3 nitrogen and oxygen atoms in total. The van der Waals surface area contributed by atoms with Crippen molar-refractivity contribution in [1.82, 2.24) is 4.98 Å². The summed E-state index contributed by atoms with van der Waals surface area (Å²) < 4.78 is 0. The van der Waals surface area contributed by atoms with Gasteiger partial charge in [0, 0.05) is 22.5 Å². The number of benzene rings is 1. The smallest absolute Gasteiger partial charge is 0.124 e. The molecule has 92 valence electrons. The van der Waals surface area contributed by atoms with Crippen LogP contribution in [0.15, 0.2) is 41.4 Å². The molecule has 0 radical (unpaired) electrons. The average molecular weight is 261 g/mol. The van der Waals surface area contributed by atoms with Gasteiger partial charge in [0.25, 0.3) is 0 Å². The Morgan fingerprint density at radius 3 is 2.94 bits per heavy atom. The van der Waals surface area contributed by atoms with E-state index < -0.39 is 0 Å². The molecule has 0 amide bonds. The first kappa shape index (κ1) is 12.6. The topological polar surface area (TPSA) is 45.5 Å². The van der Waals surface area contributed by atoms with Crippen LogP contribution in [-0.4, -0.2) is 16.3 Å². The predicted octanol–water partition coefficient (Wildman–Crippen LogP) is 3.37. The molecule has 0 atom stereocenters. The molecule has 0 aliphatic rings. The number of halogens is 1. The highest BCUT2D eigenvalue weighted by Crippen LogP contribution is 2.19. The molecule has 0 spiro atoms. The fraction of sp³-hybridized carbons (Fsp3) is 0.143. The number of phenols is 1. The second-order valence-corrected chi connectivity index (χ2v) is 4.38. The van der Waals surface area contributed by atoms with E-state index in [9.17, 15) is 5.11 Å². The first-order valence-corrected chi connectivity index (χ1v) is 5.94. The molecule has 0 saturated carbocycles. The minimum Gasteiger partial charge on any atom is -0.507 e. The lowest BCUT2D eigenvalue weighted by molar-refractivity contribution is 0.474. The lowest BCUT2D eigenvalue weighted by Crippen LogP contribution is -1.90. The van der Waals surface area contributed by atoms with Crippen molar-refractivity contribution in [3.05, 3.63) is 58.4 Å². The Hall–Kier alpha value is -1.87. The molecule has 18 heavy (non-hydrogen) atoms. The number of nitrogens with zero attached hydrogens (tertiary/aromatic N) is 2. The zero-order valence-corrected chi connectivity index (χ0v) is 10.7. The predicted molar refractivity (Wildman–Crippen MR) is 73.4 cm³/mol. The highest BCUT2D eigenvalue weighted by atomic mass is 35.5. The largest absolute Gasteiger partial charge is 0.507 e. The second kappa shape index (κ2) is 5.65. The van der Waals surface area contributed by atoms with Gasteiger partial charge < -0.3 is 5.11 Å². The van der Waals surface area contributed by atoms with E-state index in [1.54, 1.807) is 24.4 Å². The molecule has 2 aromatic rings. The number of hydrogen-bond acceptors (Lipinski definition) is 3. The fourth-order valence-corrected chi connectivity index (χ4v) is 1.73. The Morgan fingerprint density at radius 2 is 2.17 bits per heavy atom. The Kier molecular flexibility index (Phi) is 3.95. The minimum atomic E-state index is 0.167. The number of aromatic hydroxyl groups is 1. The van der Waals surface area contributed by atoms with Gasteiger partial charge in [-0.25, -0.2) is 0 Å². The van der Waals surface area contributed by atoms with E-state index in [0.717, 1.165) is 11.4 Å². The van der Waals surface area contributed by atoms with Gasteiger partial charge in [0.2, 0.25) is 0 Å². The summed E-state index contributed by atoms with van der Waals surface area (Å²) in [4.78, 5) is 8.59. The van der Waals surface area contributed by atoms with Crippen molar-refractivity contribution in [1.29, 1.82) is 0 Å². The third kappa shape index (κ3) is 3.31. The number of aryl methyl sites for hydroxylation is 1. The number of phenolic OH excluding ortho intramolecular Hbond substituents is 1. The van der Waals surface area contributed by atoms with Crippen molar-refractivity contribution in [2.24, 2.45) is 4.99 Å². The van der Waals surface area contributed by atoms with Gasteiger partial charge in [0.05, 0.1) is 12.2 Å². The third-order valence-electron chi connectivity index (χ3n) is 2.42. The molecule has 1 N–H and O–H groups in total. The Morgan fingerprint density at radius 1 is 1.33 bits per heavy atom. The molecular weight excluding hydrogens is 248 g/mol. The number of aliphatic imine (C=N–C) groups is 1. The molecule has 0 unspecified atom stereocenters. The quantitative estimate of drug-likeness (QED) is 0.860. The summed E-state index contributed by atoms with van der Waals surface area (Å²) >= 11 is 5.85. The number of pyridine rings is 1. The summed E-state index contributed by atoms with van der Waals surface area (Å²) in [6.45, 7) is 2.42. The van der Waals surface area contributed by atoms with Gasteiger partial charge in [-0.2, -0.15) is 0 Å². The SMILES string of the molecule is Cc1cccc(CN=Cc2cc(Cl)ccc2O)n1. The molecule has 0 saturated heterocycles. The maximum Gasteiger partial charge on any atom is 0.124 e. The van der Waals surface area contributed by atoms with Crippen LogP contribution in [0.25, 0.3) is 0 Å². The first-order valence-electron chi connectivity index (χ1n) is 5.56. The molecular formula is C14H13ClN2O. The number of rotatable bonds is 3. The number of aromatic nitrogens is 1. The van der Waals surface area contributed by atoms with Crippen LogP contribution < -0.4 is 0 Å². The fourth-order valence-electron chi connectivity index (χ4n) is 1.55. The standard InChI is InChI=1S/C14H13ClN2O/c1-10-3-2-4-13(17-10)9-16-8-11-7-12(15)5-6-14(11)18/h2-8,18H,9H2,1H3. The normalized spacial score (nSPS) is 11.0. The molecule has 0 aliphatic heterocycles. The van der Waals surface area contributed by atoms with Gasteiger partial charge in [-0.05, 0) is 37.3 Å². The lowest BCUT2D eigenvalue weighted by Gasteiger charge is -2.00. The van der Waals surface area contributed by atoms with E-state index in [2.05, 4.69) is 9.98 Å². The monoisotopic (exact) mass is 260 g/mol. The van der Waals surface area contributed by atoms with Gasteiger partial charge in [0.15, 0.2) is 0 Å². The van der Waals surface area contributed by atoms with Crippen LogP contribution in [0.4, 0.5) is 0 Å². The van der Waals surface area contributed by atoms with Crippen LogP contribution >= 0.6 is 11.6 Å². The Labute approximate surface area is 111 Å².